The van der Waals surface area contributed by atoms with Crippen molar-refractivity contribution < 1.29 is 14.3 Å². The van der Waals surface area contributed by atoms with Gasteiger partial charge in [0, 0.05) is 12.0 Å². The monoisotopic (exact) mass is 215 g/mol. The Morgan fingerprint density at radius 2 is 2.00 bits per heavy atom. The molecule has 0 aromatic heterocycles. The number of esters is 1. The molecule has 1 heterocycles. The van der Waals surface area contributed by atoms with Crippen molar-refractivity contribution in [3.8, 4) is 0 Å². The zero-order chi connectivity index (χ0) is 11.7. The van der Waals surface area contributed by atoms with Gasteiger partial charge in [-0.05, 0) is 27.7 Å². The number of ether oxygens (including phenoxy) is 2. The van der Waals surface area contributed by atoms with E-state index in [1.807, 2.05) is 27.7 Å². The van der Waals surface area contributed by atoms with Gasteiger partial charge in [0.25, 0.3) is 0 Å². The summed E-state index contributed by atoms with van der Waals surface area (Å²) in [5, 5.41) is 0. The average Bonchev–Trinajstić information content (AvgIpc) is 2.54. The predicted molar refractivity (Wildman–Crippen MR) is 57.4 cm³/mol. The van der Waals surface area contributed by atoms with Crippen LogP contribution in [0.4, 0.5) is 0 Å². The maximum Gasteiger partial charge on any atom is 0.313 e. The van der Waals surface area contributed by atoms with Gasteiger partial charge in [-0.2, -0.15) is 0 Å². The lowest BCUT2D eigenvalue weighted by molar-refractivity contribution is -0.162. The molecule has 0 spiro atoms. The third kappa shape index (κ3) is 2.69. The van der Waals surface area contributed by atoms with Gasteiger partial charge in [-0.1, -0.05) is 0 Å². The first-order chi connectivity index (χ1) is 6.75. The molecule has 1 aliphatic heterocycles. The lowest BCUT2D eigenvalue weighted by Gasteiger charge is -2.36. The average molecular weight is 215 g/mol. The summed E-state index contributed by atoms with van der Waals surface area (Å²) < 4.78 is 10.5. The summed E-state index contributed by atoms with van der Waals surface area (Å²) in [6, 6.07) is 0. The first-order valence-corrected chi connectivity index (χ1v) is 5.33. The molecule has 1 rings (SSSR count). The maximum atomic E-state index is 11.9. The zero-order valence-electron chi connectivity index (χ0n) is 10.0. The molecule has 2 N–H and O–H groups in total. The van der Waals surface area contributed by atoms with Gasteiger partial charge in [0.05, 0.1) is 18.6 Å². The quantitative estimate of drug-likeness (QED) is 0.716. The third-order valence-electron chi connectivity index (χ3n) is 3.28. The zero-order valence-corrected chi connectivity index (χ0v) is 10.0. The van der Waals surface area contributed by atoms with Gasteiger partial charge in [0.15, 0.2) is 0 Å². The highest BCUT2D eigenvalue weighted by Gasteiger charge is 2.43. The number of carbonyl (C=O) groups is 1. The van der Waals surface area contributed by atoms with Crippen molar-refractivity contribution in [2.24, 2.45) is 11.1 Å². The van der Waals surface area contributed by atoms with Crippen molar-refractivity contribution in [1.82, 2.24) is 0 Å². The van der Waals surface area contributed by atoms with E-state index >= 15 is 0 Å². The topological polar surface area (TPSA) is 61.6 Å². The lowest BCUT2D eigenvalue weighted by atomic mass is 9.75. The Labute approximate surface area is 91.1 Å². The summed E-state index contributed by atoms with van der Waals surface area (Å²) in [5.41, 5.74) is 4.68. The van der Waals surface area contributed by atoms with Crippen molar-refractivity contribution >= 4 is 5.97 Å². The van der Waals surface area contributed by atoms with Gasteiger partial charge in [0.2, 0.25) is 0 Å². The van der Waals surface area contributed by atoms with E-state index in [-0.39, 0.29) is 12.1 Å². The molecule has 15 heavy (non-hydrogen) atoms. The predicted octanol–water partition coefficient (Wildman–Crippen LogP) is 1.08. The van der Waals surface area contributed by atoms with Crippen LogP contribution in [0.2, 0.25) is 0 Å². The van der Waals surface area contributed by atoms with Gasteiger partial charge >= 0.3 is 5.97 Å². The largest absolute Gasteiger partial charge is 0.459 e. The van der Waals surface area contributed by atoms with E-state index in [1.54, 1.807) is 0 Å². The molecule has 0 amide bonds. The highest BCUT2D eigenvalue weighted by Crippen LogP contribution is 2.30. The third-order valence-corrected chi connectivity index (χ3v) is 3.28. The Morgan fingerprint density at radius 1 is 1.40 bits per heavy atom. The summed E-state index contributed by atoms with van der Waals surface area (Å²) in [7, 11) is 0. The smallest absolute Gasteiger partial charge is 0.313 e. The Morgan fingerprint density at radius 3 is 2.40 bits per heavy atom. The van der Waals surface area contributed by atoms with Crippen molar-refractivity contribution in [3.05, 3.63) is 0 Å². The molecule has 4 heteroatoms. The van der Waals surface area contributed by atoms with E-state index in [0.717, 1.165) is 6.42 Å². The summed E-state index contributed by atoms with van der Waals surface area (Å²) in [5.74, 6) is -0.245. The molecule has 0 bridgehead atoms. The SMILES string of the molecule is CC(C)(N)C(C)(C)C(=O)OC1CCOC1. The lowest BCUT2D eigenvalue weighted by Crippen LogP contribution is -2.53. The van der Waals surface area contributed by atoms with Crippen LogP contribution in [0.15, 0.2) is 0 Å². The van der Waals surface area contributed by atoms with E-state index in [9.17, 15) is 4.79 Å². The van der Waals surface area contributed by atoms with Crippen LogP contribution in [-0.4, -0.2) is 30.8 Å². The second kappa shape index (κ2) is 4.10. The highest BCUT2D eigenvalue weighted by molar-refractivity contribution is 5.77. The molecule has 0 aliphatic carbocycles. The molecule has 0 radical (unpaired) electrons. The summed E-state index contributed by atoms with van der Waals surface area (Å²) in [6.07, 6.45) is 0.687. The fourth-order valence-electron chi connectivity index (χ4n) is 1.17. The van der Waals surface area contributed by atoms with Crippen molar-refractivity contribution in [3.63, 3.8) is 0 Å². The van der Waals surface area contributed by atoms with E-state index in [2.05, 4.69) is 0 Å². The minimum Gasteiger partial charge on any atom is -0.459 e. The minimum atomic E-state index is -0.685. The second-order valence-corrected chi connectivity index (χ2v) is 5.24. The van der Waals surface area contributed by atoms with Crippen LogP contribution < -0.4 is 5.73 Å². The van der Waals surface area contributed by atoms with Crippen LogP contribution in [0.25, 0.3) is 0 Å². The van der Waals surface area contributed by atoms with E-state index in [0.29, 0.717) is 13.2 Å². The van der Waals surface area contributed by atoms with E-state index in [4.69, 9.17) is 15.2 Å². The Kier molecular flexibility index (Phi) is 3.41. The number of rotatable bonds is 3. The molecule has 0 saturated carbocycles. The summed E-state index contributed by atoms with van der Waals surface area (Å²) in [4.78, 5) is 11.9. The van der Waals surface area contributed by atoms with Gasteiger partial charge in [-0.3, -0.25) is 4.79 Å². The molecular weight excluding hydrogens is 194 g/mol. The Balaban J connectivity index is 2.59. The normalized spacial score (nSPS) is 22.9. The summed E-state index contributed by atoms with van der Waals surface area (Å²) >= 11 is 0. The van der Waals surface area contributed by atoms with Crippen LogP contribution in [0.5, 0.6) is 0 Å². The van der Waals surface area contributed by atoms with E-state index < -0.39 is 11.0 Å². The molecule has 1 unspecified atom stereocenters. The highest BCUT2D eigenvalue weighted by atomic mass is 16.6. The molecule has 4 nitrogen and oxygen atoms in total. The molecule has 0 aromatic carbocycles. The first-order valence-electron chi connectivity index (χ1n) is 5.33. The number of hydrogen-bond acceptors (Lipinski definition) is 4. The molecular formula is C11H21NO3. The Bertz CT molecular complexity index is 237. The van der Waals surface area contributed by atoms with Crippen molar-refractivity contribution in [2.75, 3.05) is 13.2 Å². The van der Waals surface area contributed by atoms with Crippen LogP contribution in [0.1, 0.15) is 34.1 Å². The van der Waals surface area contributed by atoms with E-state index in [1.165, 1.54) is 0 Å². The molecule has 1 aliphatic rings. The maximum absolute atomic E-state index is 11.9. The fraction of sp³-hybridized carbons (Fsp3) is 0.909. The van der Waals surface area contributed by atoms with Gasteiger partial charge in [0.1, 0.15) is 6.10 Å². The van der Waals surface area contributed by atoms with Crippen LogP contribution in [0.3, 0.4) is 0 Å². The number of carbonyl (C=O) groups excluding carboxylic acids is 1. The van der Waals surface area contributed by atoms with Crippen molar-refractivity contribution in [2.45, 2.75) is 45.8 Å². The van der Waals surface area contributed by atoms with Gasteiger partial charge in [-0.25, -0.2) is 0 Å². The van der Waals surface area contributed by atoms with Crippen LogP contribution in [-0.2, 0) is 14.3 Å². The molecule has 1 atom stereocenters. The van der Waals surface area contributed by atoms with Crippen molar-refractivity contribution in [1.29, 1.82) is 0 Å². The Hall–Kier alpha value is -0.610. The van der Waals surface area contributed by atoms with Gasteiger partial charge in [-0.15, -0.1) is 0 Å². The summed E-state index contributed by atoms with van der Waals surface area (Å²) in [6.45, 7) is 8.46. The second-order valence-electron chi connectivity index (χ2n) is 5.24. The van der Waals surface area contributed by atoms with Gasteiger partial charge < -0.3 is 15.2 Å². The molecule has 1 saturated heterocycles. The molecule has 0 aromatic rings. The molecule has 88 valence electrons. The van der Waals surface area contributed by atoms with Crippen LogP contribution >= 0.6 is 0 Å². The standard InChI is InChI=1S/C11H21NO3/c1-10(2,11(3,4)12)9(13)15-8-5-6-14-7-8/h8H,5-7,12H2,1-4H3. The number of nitrogens with two attached hydrogens (primary N) is 1. The number of hydrogen-bond donors (Lipinski definition) is 1. The molecule has 1 fully saturated rings. The minimum absolute atomic E-state index is 0.0980. The first kappa shape index (κ1) is 12.5. The fourth-order valence-corrected chi connectivity index (χ4v) is 1.17. The van der Waals surface area contributed by atoms with Crippen LogP contribution in [0, 0.1) is 5.41 Å².